The molecule has 4 nitrogen and oxygen atoms in total. The zero-order chi connectivity index (χ0) is 22.4. The quantitative estimate of drug-likeness (QED) is 0.336. The van der Waals surface area contributed by atoms with E-state index in [1.54, 1.807) is 12.2 Å². The molecule has 170 valence electrons. The van der Waals surface area contributed by atoms with E-state index in [0.717, 1.165) is 49.7 Å². The molecule has 1 N–H and O–H groups in total. The Labute approximate surface area is 190 Å². The molecular weight excluding hydrogens is 412 g/mol. The fraction of sp³-hybridized carbons (Fsp3) is 0.692. The zero-order valence-corrected chi connectivity index (χ0v) is 19.8. The summed E-state index contributed by atoms with van der Waals surface area (Å²) in [5, 5.41) is 11.5. The molecule has 1 saturated carbocycles. The molecule has 4 aliphatic carbocycles. The van der Waals surface area contributed by atoms with Crippen LogP contribution < -0.4 is 0 Å². The highest BCUT2D eigenvalue weighted by Crippen LogP contribution is 2.65. The Hall–Kier alpha value is -1.23. The summed E-state index contributed by atoms with van der Waals surface area (Å²) < 4.78 is 6.45. The van der Waals surface area contributed by atoms with Gasteiger partial charge in [0.05, 0.1) is 12.0 Å². The van der Waals surface area contributed by atoms with Crippen LogP contribution in [0.25, 0.3) is 0 Å². The number of aliphatic hydroxyl groups is 1. The summed E-state index contributed by atoms with van der Waals surface area (Å²) in [7, 11) is 0. The molecule has 0 bridgehead atoms. The number of hydrogen-bond acceptors (Lipinski definition) is 4. The molecule has 0 radical (unpaired) electrons. The number of halogens is 1. The zero-order valence-electron chi connectivity index (χ0n) is 19.0. The van der Waals surface area contributed by atoms with E-state index < -0.39 is 22.5 Å². The fourth-order valence-corrected chi connectivity index (χ4v) is 7.28. The van der Waals surface area contributed by atoms with Gasteiger partial charge in [0.15, 0.2) is 11.6 Å². The van der Waals surface area contributed by atoms with Gasteiger partial charge in [-0.05, 0) is 69.1 Å². The van der Waals surface area contributed by atoms with Gasteiger partial charge in [0.2, 0.25) is 0 Å². The van der Waals surface area contributed by atoms with Crippen molar-refractivity contribution in [2.24, 2.45) is 16.7 Å². The number of carbonyl (C=O) groups is 2. The van der Waals surface area contributed by atoms with Crippen LogP contribution >= 0.6 is 11.6 Å². The molecule has 0 aromatic heterocycles. The molecule has 5 atom stereocenters. The Morgan fingerprint density at radius 3 is 2.77 bits per heavy atom. The van der Waals surface area contributed by atoms with Crippen molar-refractivity contribution in [1.82, 2.24) is 0 Å². The second kappa shape index (κ2) is 8.28. The lowest BCUT2D eigenvalue weighted by molar-refractivity contribution is -0.166. The third-order valence-electron chi connectivity index (χ3n) is 8.65. The average molecular weight is 447 g/mol. The van der Waals surface area contributed by atoms with E-state index in [2.05, 4.69) is 20.8 Å². The third-order valence-corrected chi connectivity index (χ3v) is 8.89. The number of aliphatic hydroxyl groups excluding tert-OH is 1. The van der Waals surface area contributed by atoms with Gasteiger partial charge in [-0.25, -0.2) is 0 Å². The summed E-state index contributed by atoms with van der Waals surface area (Å²) in [6.45, 7) is 6.96. The van der Waals surface area contributed by atoms with Crippen molar-refractivity contribution >= 4 is 23.2 Å². The Kier molecular flexibility index (Phi) is 6.13. The SMILES string of the molecule is CCCCCO[C@]1(C(=O)CCl)CC[C@H]2C3=C(C(O)C[C@@]21C)[C@@]1(C)C=CC(=O)C=C1CC3. The minimum absolute atomic E-state index is 0.0275. The summed E-state index contributed by atoms with van der Waals surface area (Å²) in [4.78, 5) is 25.2. The summed E-state index contributed by atoms with van der Waals surface area (Å²) in [5.74, 6) is 0.110. The number of rotatable bonds is 7. The van der Waals surface area contributed by atoms with Gasteiger partial charge in [0.25, 0.3) is 0 Å². The van der Waals surface area contributed by atoms with Gasteiger partial charge in [0.1, 0.15) is 5.60 Å². The van der Waals surface area contributed by atoms with Gasteiger partial charge in [-0.15, -0.1) is 11.6 Å². The van der Waals surface area contributed by atoms with E-state index in [9.17, 15) is 14.7 Å². The number of unbranched alkanes of at least 4 members (excludes halogenated alkanes) is 2. The highest BCUT2D eigenvalue weighted by Gasteiger charge is 2.66. The topological polar surface area (TPSA) is 63.6 Å². The highest BCUT2D eigenvalue weighted by atomic mass is 35.5. The van der Waals surface area contributed by atoms with E-state index >= 15 is 0 Å². The molecule has 0 spiro atoms. The Bertz CT molecular complexity index is 871. The minimum Gasteiger partial charge on any atom is -0.389 e. The summed E-state index contributed by atoms with van der Waals surface area (Å²) >= 11 is 6.10. The van der Waals surface area contributed by atoms with Gasteiger partial charge in [0, 0.05) is 17.4 Å². The Morgan fingerprint density at radius 1 is 1.29 bits per heavy atom. The van der Waals surface area contributed by atoms with Crippen LogP contribution in [0.2, 0.25) is 0 Å². The third kappa shape index (κ3) is 3.32. The van der Waals surface area contributed by atoms with Crippen molar-refractivity contribution < 1.29 is 19.4 Å². The predicted molar refractivity (Wildman–Crippen MR) is 122 cm³/mol. The molecule has 1 unspecified atom stereocenters. The van der Waals surface area contributed by atoms with Gasteiger partial charge in [-0.2, -0.15) is 0 Å². The van der Waals surface area contributed by atoms with Gasteiger partial charge < -0.3 is 9.84 Å². The van der Waals surface area contributed by atoms with E-state index in [1.165, 1.54) is 5.57 Å². The molecular formula is C26H35ClO4. The van der Waals surface area contributed by atoms with Crippen LogP contribution in [0, 0.1) is 16.7 Å². The molecule has 0 saturated heterocycles. The standard InChI is InChI=1S/C26H35ClO4/c1-4-5-6-13-31-26(22(30)16-27)12-10-20-19-8-7-17-14-18(28)9-11-24(17,2)23(19)21(29)15-25(20,26)3/h9,11,14,20-21,29H,4-8,10,12-13,15-16H2,1-3H3/t20-,21?,24-,25-,26-/m0/s1. The first kappa shape index (κ1) is 22.9. The molecule has 1 fully saturated rings. The molecule has 31 heavy (non-hydrogen) atoms. The first-order chi connectivity index (χ1) is 14.7. The number of fused-ring (bicyclic) bond motifs is 4. The number of carbonyl (C=O) groups excluding carboxylic acids is 2. The molecule has 4 rings (SSSR count). The lowest BCUT2D eigenvalue weighted by Crippen LogP contribution is -2.58. The predicted octanol–water partition coefficient (Wildman–Crippen LogP) is 5.08. The van der Waals surface area contributed by atoms with Crippen LogP contribution in [0.5, 0.6) is 0 Å². The number of ketones is 2. The largest absolute Gasteiger partial charge is 0.389 e. The smallest absolute Gasteiger partial charge is 0.179 e. The molecule has 4 aliphatic rings. The maximum absolute atomic E-state index is 13.2. The second-order valence-corrected chi connectivity index (χ2v) is 10.5. The fourth-order valence-electron chi connectivity index (χ4n) is 7.06. The van der Waals surface area contributed by atoms with Crippen LogP contribution in [0.4, 0.5) is 0 Å². The average Bonchev–Trinajstić information content (AvgIpc) is 3.03. The van der Waals surface area contributed by atoms with Crippen molar-refractivity contribution in [2.45, 2.75) is 83.8 Å². The second-order valence-electron chi connectivity index (χ2n) is 10.2. The molecule has 0 aromatic rings. The first-order valence-electron chi connectivity index (χ1n) is 11.8. The van der Waals surface area contributed by atoms with Crippen molar-refractivity contribution in [3.63, 3.8) is 0 Å². The van der Waals surface area contributed by atoms with Crippen LogP contribution in [0.3, 0.4) is 0 Å². The van der Waals surface area contributed by atoms with Crippen molar-refractivity contribution in [2.75, 3.05) is 12.5 Å². The van der Waals surface area contributed by atoms with E-state index in [-0.39, 0.29) is 23.4 Å². The van der Waals surface area contributed by atoms with Crippen LogP contribution in [-0.4, -0.2) is 40.9 Å². The van der Waals surface area contributed by atoms with E-state index in [1.807, 2.05) is 6.08 Å². The number of allylic oxidation sites excluding steroid dienone is 5. The molecule has 0 heterocycles. The van der Waals surface area contributed by atoms with E-state index in [4.69, 9.17) is 16.3 Å². The van der Waals surface area contributed by atoms with Gasteiger partial charge in [-0.1, -0.05) is 43.9 Å². The highest BCUT2D eigenvalue weighted by molar-refractivity contribution is 6.29. The summed E-state index contributed by atoms with van der Waals surface area (Å²) in [6.07, 6.45) is 11.4. The summed E-state index contributed by atoms with van der Waals surface area (Å²) in [5.41, 5.74) is 1.61. The summed E-state index contributed by atoms with van der Waals surface area (Å²) in [6, 6.07) is 0. The first-order valence-corrected chi connectivity index (χ1v) is 12.4. The number of Topliss-reactive ketones (excluding diaryl/α,β-unsaturated/α-hetero) is 1. The lowest BCUT2D eigenvalue weighted by atomic mass is 9.52. The van der Waals surface area contributed by atoms with Crippen LogP contribution in [0.15, 0.2) is 34.9 Å². The number of alkyl halides is 1. The maximum atomic E-state index is 13.2. The normalized spacial score (nSPS) is 39.1. The van der Waals surface area contributed by atoms with Crippen LogP contribution in [-0.2, 0) is 14.3 Å². The number of ether oxygens (including phenoxy) is 1. The molecule has 0 aliphatic heterocycles. The lowest BCUT2D eigenvalue weighted by Gasteiger charge is -2.54. The molecule has 5 heteroatoms. The van der Waals surface area contributed by atoms with Crippen molar-refractivity contribution in [1.29, 1.82) is 0 Å². The minimum atomic E-state index is -0.929. The number of hydrogen-bond donors (Lipinski definition) is 1. The van der Waals surface area contributed by atoms with Gasteiger partial charge >= 0.3 is 0 Å². The van der Waals surface area contributed by atoms with E-state index in [0.29, 0.717) is 19.4 Å². The van der Waals surface area contributed by atoms with Gasteiger partial charge in [-0.3, -0.25) is 9.59 Å². The van der Waals surface area contributed by atoms with Crippen LogP contribution in [0.1, 0.15) is 72.1 Å². The Balaban J connectivity index is 1.75. The Morgan fingerprint density at radius 2 is 2.06 bits per heavy atom. The van der Waals surface area contributed by atoms with Crippen molar-refractivity contribution in [3.05, 3.63) is 34.9 Å². The monoisotopic (exact) mass is 446 g/mol. The molecule has 0 amide bonds. The van der Waals surface area contributed by atoms with Crippen molar-refractivity contribution in [3.8, 4) is 0 Å². The molecule has 0 aromatic carbocycles. The maximum Gasteiger partial charge on any atom is 0.179 e.